The van der Waals surface area contributed by atoms with E-state index in [0.717, 1.165) is 36.2 Å². The van der Waals surface area contributed by atoms with Crippen molar-refractivity contribution in [3.8, 4) is 11.8 Å². The Hall–Kier alpha value is -2.08. The zero-order valence-corrected chi connectivity index (χ0v) is 11.8. The van der Waals surface area contributed by atoms with Crippen molar-refractivity contribution in [1.29, 1.82) is 5.26 Å². The molecule has 1 aromatic carbocycles. The normalized spacial score (nSPS) is 24.8. The number of carbonyl (C=O) groups excluding carboxylic acids is 1. The van der Waals surface area contributed by atoms with Crippen molar-refractivity contribution < 1.29 is 9.53 Å². The Morgan fingerprint density at radius 3 is 2.75 bits per heavy atom. The lowest BCUT2D eigenvalue weighted by molar-refractivity contribution is -0.122. The van der Waals surface area contributed by atoms with Crippen LogP contribution in [0, 0.1) is 16.7 Å². The molecule has 3 nitrogen and oxygen atoms in total. The molecule has 0 N–H and O–H groups in total. The highest BCUT2D eigenvalue weighted by molar-refractivity contribution is 6.09. The van der Waals surface area contributed by atoms with Gasteiger partial charge in [0.05, 0.1) is 13.2 Å². The fourth-order valence-corrected chi connectivity index (χ4v) is 3.24. The van der Waals surface area contributed by atoms with Crippen LogP contribution in [0.1, 0.15) is 37.3 Å². The summed E-state index contributed by atoms with van der Waals surface area (Å²) < 4.78 is 5.26. The van der Waals surface area contributed by atoms with Crippen LogP contribution in [0.3, 0.4) is 0 Å². The van der Waals surface area contributed by atoms with Crippen LogP contribution in [0.2, 0.25) is 0 Å². The average molecular weight is 267 g/mol. The van der Waals surface area contributed by atoms with Crippen LogP contribution in [0.25, 0.3) is 5.57 Å². The molecule has 0 radical (unpaired) electrons. The van der Waals surface area contributed by atoms with Gasteiger partial charge in [0, 0.05) is 5.57 Å². The average Bonchev–Trinajstić information content (AvgIpc) is 2.50. The Morgan fingerprint density at radius 2 is 2.05 bits per heavy atom. The quantitative estimate of drug-likeness (QED) is 0.784. The molecule has 1 aromatic rings. The first-order valence-electron chi connectivity index (χ1n) is 6.94. The summed E-state index contributed by atoms with van der Waals surface area (Å²) in [6.45, 7) is 1.77. The van der Waals surface area contributed by atoms with Gasteiger partial charge < -0.3 is 4.74 Å². The van der Waals surface area contributed by atoms with E-state index < -0.39 is 5.41 Å². The molecule has 0 aliphatic heterocycles. The van der Waals surface area contributed by atoms with E-state index in [1.807, 2.05) is 12.1 Å². The molecule has 3 heteroatoms. The molecule has 1 atom stereocenters. The predicted molar refractivity (Wildman–Crippen MR) is 76.2 cm³/mol. The fourth-order valence-electron chi connectivity index (χ4n) is 3.24. The number of fused-ring (bicyclic) bond motifs is 2. The Morgan fingerprint density at radius 1 is 1.25 bits per heavy atom. The molecule has 2 aliphatic rings. The molecular formula is C17H17NO2. The summed E-state index contributed by atoms with van der Waals surface area (Å²) in [6.07, 6.45) is 3.02. The highest BCUT2D eigenvalue weighted by Crippen LogP contribution is 2.45. The topological polar surface area (TPSA) is 50.1 Å². The molecule has 0 amide bonds. The molecule has 0 bridgehead atoms. The number of aryl methyl sites for hydroxylation is 1. The number of ketones is 1. The van der Waals surface area contributed by atoms with Gasteiger partial charge in [-0.3, -0.25) is 4.79 Å². The molecule has 3 rings (SSSR count). The number of allylic oxidation sites excluding steroid dienone is 2. The molecule has 102 valence electrons. The van der Waals surface area contributed by atoms with Crippen molar-refractivity contribution in [3.05, 3.63) is 34.9 Å². The number of rotatable bonds is 1. The third kappa shape index (κ3) is 1.76. The first-order chi connectivity index (χ1) is 9.59. The largest absolute Gasteiger partial charge is 0.497 e. The number of ether oxygens (including phenoxy) is 1. The minimum atomic E-state index is -0.831. The number of hydrogen-bond acceptors (Lipinski definition) is 3. The van der Waals surface area contributed by atoms with Crippen molar-refractivity contribution >= 4 is 11.4 Å². The zero-order valence-electron chi connectivity index (χ0n) is 11.8. The third-order valence-electron chi connectivity index (χ3n) is 4.54. The summed E-state index contributed by atoms with van der Waals surface area (Å²) in [7, 11) is 1.66. The number of nitrogens with zero attached hydrogens (tertiary/aromatic N) is 1. The fraction of sp³-hybridized carbons (Fsp3) is 0.412. The maximum Gasteiger partial charge on any atom is 0.179 e. The van der Waals surface area contributed by atoms with E-state index in [-0.39, 0.29) is 5.78 Å². The van der Waals surface area contributed by atoms with Crippen LogP contribution >= 0.6 is 0 Å². The minimum absolute atomic E-state index is 0.0303. The van der Waals surface area contributed by atoms with Crippen molar-refractivity contribution in [3.63, 3.8) is 0 Å². The lowest BCUT2D eigenvalue weighted by atomic mass is 9.68. The summed E-state index contributed by atoms with van der Waals surface area (Å²) in [5, 5.41) is 9.26. The van der Waals surface area contributed by atoms with Gasteiger partial charge in [-0.1, -0.05) is 6.07 Å². The van der Waals surface area contributed by atoms with E-state index in [0.29, 0.717) is 6.42 Å². The molecular weight excluding hydrogens is 250 g/mol. The van der Waals surface area contributed by atoms with E-state index in [1.165, 1.54) is 11.1 Å². The van der Waals surface area contributed by atoms with Crippen molar-refractivity contribution in [1.82, 2.24) is 0 Å². The summed E-state index contributed by atoms with van der Waals surface area (Å²) in [5.74, 6) is 0.888. The molecule has 0 spiro atoms. The summed E-state index contributed by atoms with van der Waals surface area (Å²) >= 11 is 0. The summed E-state index contributed by atoms with van der Waals surface area (Å²) in [5.41, 5.74) is 3.60. The van der Waals surface area contributed by atoms with E-state index in [2.05, 4.69) is 12.1 Å². The number of carbonyl (C=O) groups is 1. The van der Waals surface area contributed by atoms with Crippen molar-refractivity contribution in [2.45, 2.75) is 32.6 Å². The first-order valence-corrected chi connectivity index (χ1v) is 6.94. The third-order valence-corrected chi connectivity index (χ3v) is 4.54. The number of benzene rings is 1. The van der Waals surface area contributed by atoms with Gasteiger partial charge in [0.15, 0.2) is 5.78 Å². The molecule has 20 heavy (non-hydrogen) atoms. The van der Waals surface area contributed by atoms with Crippen LogP contribution < -0.4 is 4.74 Å². The Labute approximate surface area is 118 Å². The number of Topliss-reactive ketones (excluding diaryl/α,β-unsaturated/α-hetero) is 1. The molecule has 0 saturated carbocycles. The maximum atomic E-state index is 12.5. The Kier molecular flexibility index (Phi) is 2.90. The van der Waals surface area contributed by atoms with Gasteiger partial charge in [0.1, 0.15) is 11.2 Å². The standard InChI is InChI=1S/C17H17NO2/c1-17(10-18)8-7-14-13-6-4-12(20-2)9-11(13)3-5-15(14)16(17)19/h4,6,9H,3,5,7-8H2,1-2H3. The zero-order chi connectivity index (χ0) is 14.3. The van der Waals surface area contributed by atoms with Crippen molar-refractivity contribution in [2.75, 3.05) is 7.11 Å². The molecule has 1 unspecified atom stereocenters. The van der Waals surface area contributed by atoms with Crippen LogP contribution in [0.4, 0.5) is 0 Å². The Balaban J connectivity index is 2.09. The second-order valence-corrected chi connectivity index (χ2v) is 5.75. The molecule has 0 heterocycles. The van der Waals surface area contributed by atoms with E-state index in [1.54, 1.807) is 14.0 Å². The van der Waals surface area contributed by atoms with Gasteiger partial charge in [-0.25, -0.2) is 0 Å². The maximum absolute atomic E-state index is 12.5. The van der Waals surface area contributed by atoms with E-state index in [4.69, 9.17) is 4.74 Å². The van der Waals surface area contributed by atoms with Crippen LogP contribution in [-0.4, -0.2) is 12.9 Å². The first kappa shape index (κ1) is 12.9. The second-order valence-electron chi connectivity index (χ2n) is 5.75. The number of hydrogen-bond donors (Lipinski definition) is 0. The minimum Gasteiger partial charge on any atom is -0.497 e. The molecule has 0 saturated heterocycles. The van der Waals surface area contributed by atoms with E-state index >= 15 is 0 Å². The van der Waals surface area contributed by atoms with Gasteiger partial charge in [-0.15, -0.1) is 0 Å². The number of nitriles is 1. The SMILES string of the molecule is COc1ccc2c(c1)CCC1=C2CCC(C)(C#N)C1=O. The monoisotopic (exact) mass is 267 g/mol. The van der Waals surface area contributed by atoms with Gasteiger partial charge in [-0.2, -0.15) is 5.26 Å². The predicted octanol–water partition coefficient (Wildman–Crippen LogP) is 3.29. The summed E-state index contributed by atoms with van der Waals surface area (Å²) in [4.78, 5) is 12.5. The van der Waals surface area contributed by atoms with Crippen LogP contribution in [0.15, 0.2) is 23.8 Å². The lowest BCUT2D eigenvalue weighted by Gasteiger charge is -2.33. The van der Waals surface area contributed by atoms with Gasteiger partial charge in [-0.05, 0) is 61.4 Å². The van der Waals surface area contributed by atoms with Gasteiger partial charge in [0.25, 0.3) is 0 Å². The van der Waals surface area contributed by atoms with Gasteiger partial charge in [0.2, 0.25) is 0 Å². The number of methoxy groups -OCH3 is 1. The molecule has 2 aliphatic carbocycles. The molecule has 0 fully saturated rings. The lowest BCUT2D eigenvalue weighted by Crippen LogP contribution is -2.33. The molecule has 0 aromatic heterocycles. The highest BCUT2D eigenvalue weighted by Gasteiger charge is 2.41. The van der Waals surface area contributed by atoms with Crippen LogP contribution in [-0.2, 0) is 11.2 Å². The van der Waals surface area contributed by atoms with Gasteiger partial charge >= 0.3 is 0 Å². The second kappa shape index (κ2) is 4.49. The summed E-state index contributed by atoms with van der Waals surface area (Å²) in [6, 6.07) is 8.25. The Bertz CT molecular complexity index is 666. The smallest absolute Gasteiger partial charge is 0.179 e. The van der Waals surface area contributed by atoms with E-state index in [9.17, 15) is 10.1 Å². The van der Waals surface area contributed by atoms with Crippen LogP contribution in [0.5, 0.6) is 5.75 Å². The van der Waals surface area contributed by atoms with Crippen molar-refractivity contribution in [2.24, 2.45) is 5.41 Å². The highest BCUT2D eigenvalue weighted by atomic mass is 16.5.